The molecule has 3 nitrogen and oxygen atoms in total. The summed E-state index contributed by atoms with van der Waals surface area (Å²) >= 11 is 0. The second-order valence-electron chi connectivity index (χ2n) is 2.99. The molecule has 0 heterocycles. The Bertz CT molecular complexity index is 78.2. The minimum absolute atomic E-state index is 0.110. The van der Waals surface area contributed by atoms with E-state index in [1.807, 2.05) is 6.92 Å². The Morgan fingerprint density at radius 3 is 2.45 bits per heavy atom. The average Bonchev–Trinajstić information content (AvgIpc) is 2.04. The second kappa shape index (κ2) is 6.58. The zero-order valence-electron chi connectivity index (χ0n) is 7.29. The van der Waals surface area contributed by atoms with Crippen molar-refractivity contribution in [2.75, 3.05) is 6.54 Å². The zero-order chi connectivity index (χ0) is 8.69. The first-order chi connectivity index (χ1) is 5.20. The molecule has 0 aliphatic rings. The van der Waals surface area contributed by atoms with Crippen LogP contribution in [0.5, 0.6) is 0 Å². The Kier molecular flexibility index (Phi) is 6.51. The van der Waals surface area contributed by atoms with Crippen molar-refractivity contribution in [3.63, 3.8) is 0 Å². The summed E-state index contributed by atoms with van der Waals surface area (Å²) in [6.45, 7) is 2.52. The van der Waals surface area contributed by atoms with Crippen LogP contribution in [0.4, 0.5) is 0 Å². The van der Waals surface area contributed by atoms with Gasteiger partial charge in [-0.15, -0.1) is 0 Å². The standard InChI is InChI=1S/C8H20N2O/c1-2-8(11)5-3-4-7(10)6-9/h7-8,11H,2-6,9-10H2,1H3. The molecular formula is C8H20N2O. The summed E-state index contributed by atoms with van der Waals surface area (Å²) in [6.07, 6.45) is 3.43. The van der Waals surface area contributed by atoms with Gasteiger partial charge in [0, 0.05) is 12.6 Å². The second-order valence-corrected chi connectivity index (χ2v) is 2.99. The Hall–Kier alpha value is -0.120. The highest BCUT2D eigenvalue weighted by Crippen LogP contribution is 2.04. The van der Waals surface area contributed by atoms with Crippen LogP contribution in [0.1, 0.15) is 32.6 Å². The van der Waals surface area contributed by atoms with Crippen molar-refractivity contribution in [3.05, 3.63) is 0 Å². The predicted octanol–water partition coefficient (Wildman–Crippen LogP) is 0.214. The van der Waals surface area contributed by atoms with Gasteiger partial charge in [0.15, 0.2) is 0 Å². The lowest BCUT2D eigenvalue weighted by molar-refractivity contribution is 0.156. The molecule has 2 atom stereocenters. The lowest BCUT2D eigenvalue weighted by Gasteiger charge is -2.10. The zero-order valence-corrected chi connectivity index (χ0v) is 7.29. The summed E-state index contributed by atoms with van der Waals surface area (Å²) in [4.78, 5) is 0. The molecule has 0 radical (unpaired) electrons. The van der Waals surface area contributed by atoms with E-state index < -0.39 is 0 Å². The van der Waals surface area contributed by atoms with E-state index in [0.29, 0.717) is 6.54 Å². The van der Waals surface area contributed by atoms with Crippen LogP contribution in [0.2, 0.25) is 0 Å². The van der Waals surface area contributed by atoms with Gasteiger partial charge in [-0.25, -0.2) is 0 Å². The van der Waals surface area contributed by atoms with Crippen LogP contribution in [-0.2, 0) is 0 Å². The van der Waals surface area contributed by atoms with Gasteiger partial charge in [-0.05, 0) is 25.7 Å². The third-order valence-electron chi connectivity index (χ3n) is 1.89. The van der Waals surface area contributed by atoms with E-state index in [4.69, 9.17) is 11.5 Å². The van der Waals surface area contributed by atoms with Crippen LogP contribution in [0.15, 0.2) is 0 Å². The van der Waals surface area contributed by atoms with Crippen molar-refractivity contribution in [2.24, 2.45) is 11.5 Å². The van der Waals surface area contributed by atoms with Gasteiger partial charge in [-0.2, -0.15) is 0 Å². The monoisotopic (exact) mass is 160 g/mol. The third kappa shape index (κ3) is 6.28. The van der Waals surface area contributed by atoms with Crippen LogP contribution >= 0.6 is 0 Å². The molecular weight excluding hydrogens is 140 g/mol. The van der Waals surface area contributed by atoms with E-state index in [1.165, 1.54) is 0 Å². The molecule has 0 rings (SSSR count). The molecule has 68 valence electrons. The molecule has 3 heteroatoms. The van der Waals surface area contributed by atoms with Crippen molar-refractivity contribution in [1.82, 2.24) is 0 Å². The van der Waals surface area contributed by atoms with Crippen LogP contribution in [0.3, 0.4) is 0 Å². The van der Waals surface area contributed by atoms with Gasteiger partial charge < -0.3 is 16.6 Å². The topological polar surface area (TPSA) is 72.3 Å². The fourth-order valence-electron chi connectivity index (χ4n) is 0.938. The molecule has 0 saturated heterocycles. The van der Waals surface area contributed by atoms with E-state index in [0.717, 1.165) is 25.7 Å². The fraction of sp³-hybridized carbons (Fsp3) is 1.00. The van der Waals surface area contributed by atoms with Gasteiger partial charge in [0.25, 0.3) is 0 Å². The molecule has 11 heavy (non-hydrogen) atoms. The number of rotatable bonds is 6. The molecule has 0 aliphatic heterocycles. The molecule has 0 bridgehead atoms. The summed E-state index contributed by atoms with van der Waals surface area (Å²) in [5.74, 6) is 0. The first-order valence-electron chi connectivity index (χ1n) is 4.34. The molecule has 2 unspecified atom stereocenters. The summed E-state index contributed by atoms with van der Waals surface area (Å²) in [5.41, 5.74) is 10.9. The molecule has 0 fully saturated rings. The molecule has 0 spiro atoms. The van der Waals surface area contributed by atoms with E-state index >= 15 is 0 Å². The van der Waals surface area contributed by atoms with Crippen LogP contribution in [0, 0.1) is 0 Å². The highest BCUT2D eigenvalue weighted by atomic mass is 16.3. The van der Waals surface area contributed by atoms with Gasteiger partial charge in [0.05, 0.1) is 6.10 Å². The van der Waals surface area contributed by atoms with E-state index in [1.54, 1.807) is 0 Å². The quantitative estimate of drug-likeness (QED) is 0.520. The fourth-order valence-corrected chi connectivity index (χ4v) is 0.938. The van der Waals surface area contributed by atoms with Crippen molar-refractivity contribution in [3.8, 4) is 0 Å². The Labute approximate surface area is 68.8 Å². The highest BCUT2D eigenvalue weighted by Gasteiger charge is 2.02. The number of aliphatic hydroxyl groups is 1. The van der Waals surface area contributed by atoms with Crippen LogP contribution in [0.25, 0.3) is 0 Å². The van der Waals surface area contributed by atoms with Gasteiger partial charge in [-0.3, -0.25) is 0 Å². The van der Waals surface area contributed by atoms with E-state index in [9.17, 15) is 5.11 Å². The molecule has 0 amide bonds. The summed E-state index contributed by atoms with van der Waals surface area (Å²) in [6, 6.07) is 0.110. The summed E-state index contributed by atoms with van der Waals surface area (Å²) < 4.78 is 0. The van der Waals surface area contributed by atoms with Gasteiger partial charge in [-0.1, -0.05) is 6.92 Å². The van der Waals surface area contributed by atoms with Crippen LogP contribution < -0.4 is 11.5 Å². The van der Waals surface area contributed by atoms with Crippen molar-refractivity contribution in [1.29, 1.82) is 0 Å². The largest absolute Gasteiger partial charge is 0.393 e. The van der Waals surface area contributed by atoms with Gasteiger partial charge >= 0.3 is 0 Å². The van der Waals surface area contributed by atoms with E-state index in [-0.39, 0.29) is 12.1 Å². The number of nitrogens with two attached hydrogens (primary N) is 2. The molecule has 0 aromatic heterocycles. The summed E-state index contributed by atoms with van der Waals surface area (Å²) in [7, 11) is 0. The molecule has 0 aromatic carbocycles. The SMILES string of the molecule is CCC(O)CCCC(N)CN. The van der Waals surface area contributed by atoms with Gasteiger partial charge in [0.1, 0.15) is 0 Å². The van der Waals surface area contributed by atoms with Crippen molar-refractivity contribution in [2.45, 2.75) is 44.8 Å². The number of hydrogen-bond donors (Lipinski definition) is 3. The molecule has 5 N–H and O–H groups in total. The number of aliphatic hydroxyl groups excluding tert-OH is 1. The summed E-state index contributed by atoms with van der Waals surface area (Å²) in [5, 5.41) is 9.17. The molecule has 0 aromatic rings. The Morgan fingerprint density at radius 1 is 1.36 bits per heavy atom. The van der Waals surface area contributed by atoms with E-state index in [2.05, 4.69) is 0 Å². The minimum Gasteiger partial charge on any atom is -0.393 e. The Morgan fingerprint density at radius 2 is 2.00 bits per heavy atom. The molecule has 0 aliphatic carbocycles. The predicted molar refractivity (Wildman–Crippen MR) is 47.2 cm³/mol. The Balaban J connectivity index is 3.13. The third-order valence-corrected chi connectivity index (χ3v) is 1.89. The van der Waals surface area contributed by atoms with Crippen molar-refractivity contribution < 1.29 is 5.11 Å². The lowest BCUT2D eigenvalue weighted by Crippen LogP contribution is -2.29. The van der Waals surface area contributed by atoms with Crippen molar-refractivity contribution >= 4 is 0 Å². The maximum absolute atomic E-state index is 9.17. The highest BCUT2D eigenvalue weighted by molar-refractivity contribution is 4.62. The smallest absolute Gasteiger partial charge is 0.0537 e. The first kappa shape index (κ1) is 10.9. The minimum atomic E-state index is -0.153. The maximum Gasteiger partial charge on any atom is 0.0537 e. The van der Waals surface area contributed by atoms with Gasteiger partial charge in [0.2, 0.25) is 0 Å². The average molecular weight is 160 g/mol. The first-order valence-corrected chi connectivity index (χ1v) is 4.34. The maximum atomic E-state index is 9.17. The molecule has 0 saturated carbocycles. The number of hydrogen-bond acceptors (Lipinski definition) is 3. The lowest BCUT2D eigenvalue weighted by atomic mass is 10.1. The van der Waals surface area contributed by atoms with Crippen LogP contribution in [-0.4, -0.2) is 23.8 Å². The normalized spacial score (nSPS) is 16.4.